The Bertz CT molecular complexity index is 967. The van der Waals surface area contributed by atoms with Crippen LogP contribution in [0.3, 0.4) is 0 Å². The van der Waals surface area contributed by atoms with Crippen LogP contribution in [0, 0.1) is 5.82 Å². The summed E-state index contributed by atoms with van der Waals surface area (Å²) in [6.45, 7) is 3.96. The smallest absolute Gasteiger partial charge is 0.309 e. The highest BCUT2D eigenvalue weighted by Crippen LogP contribution is 2.45. The average molecular weight is 444 g/mol. The molecule has 0 aromatic heterocycles. The fourth-order valence-electron chi connectivity index (χ4n) is 3.81. The second-order valence-electron chi connectivity index (χ2n) is 8.00. The van der Waals surface area contributed by atoms with Crippen molar-refractivity contribution in [1.82, 2.24) is 0 Å². The Morgan fingerprint density at radius 1 is 1.28 bits per heavy atom. The number of hydrogen-bond donors (Lipinski definition) is 2. The van der Waals surface area contributed by atoms with Crippen molar-refractivity contribution >= 4 is 12.0 Å². The number of rotatable bonds is 8. The molecule has 0 aliphatic carbocycles. The highest BCUT2D eigenvalue weighted by atomic mass is 19.1. The molecule has 6 nitrogen and oxygen atoms in total. The van der Waals surface area contributed by atoms with Gasteiger partial charge in [-0.3, -0.25) is 4.79 Å². The first kappa shape index (κ1) is 23.8. The van der Waals surface area contributed by atoms with Gasteiger partial charge in [0, 0.05) is 12.0 Å². The van der Waals surface area contributed by atoms with Crippen LogP contribution in [0.25, 0.3) is 17.2 Å². The molecule has 172 valence electrons. The van der Waals surface area contributed by atoms with E-state index in [0.717, 1.165) is 11.1 Å². The largest absolute Gasteiger partial charge is 0.493 e. The van der Waals surface area contributed by atoms with Crippen LogP contribution in [-0.2, 0) is 9.53 Å². The Morgan fingerprint density at radius 3 is 2.59 bits per heavy atom. The Labute approximate surface area is 187 Å². The lowest BCUT2D eigenvalue weighted by molar-refractivity contribution is -0.156. The highest BCUT2D eigenvalue weighted by molar-refractivity contribution is 5.85. The zero-order chi connectivity index (χ0) is 23.3. The fraction of sp³-hybridized carbons (Fsp3) is 0.400. The lowest BCUT2D eigenvalue weighted by Gasteiger charge is -2.25. The zero-order valence-electron chi connectivity index (χ0n) is 18.5. The van der Waals surface area contributed by atoms with E-state index in [-0.39, 0.29) is 31.4 Å². The van der Waals surface area contributed by atoms with E-state index >= 15 is 0 Å². The molecule has 0 bridgehead atoms. The van der Waals surface area contributed by atoms with E-state index in [0.29, 0.717) is 29.0 Å². The minimum Gasteiger partial charge on any atom is -0.493 e. The number of halogens is 1. The summed E-state index contributed by atoms with van der Waals surface area (Å²) in [5.74, 6) is 0.229. The number of aliphatic hydroxyl groups excluding tert-OH is 2. The minimum absolute atomic E-state index is 0.00982. The molecule has 0 saturated carbocycles. The van der Waals surface area contributed by atoms with Gasteiger partial charge in [0.15, 0.2) is 11.5 Å². The van der Waals surface area contributed by atoms with Crippen LogP contribution in [0.5, 0.6) is 11.5 Å². The van der Waals surface area contributed by atoms with Gasteiger partial charge in [-0.25, -0.2) is 4.39 Å². The monoisotopic (exact) mass is 444 g/mol. The number of carbonyl (C=O) groups is 1. The molecule has 3 rings (SSSR count). The Kier molecular flexibility index (Phi) is 7.88. The van der Waals surface area contributed by atoms with Gasteiger partial charge >= 0.3 is 5.97 Å². The Balaban J connectivity index is 2.20. The molecule has 0 radical (unpaired) electrons. The van der Waals surface area contributed by atoms with Gasteiger partial charge in [0.2, 0.25) is 0 Å². The Morgan fingerprint density at radius 2 is 2.00 bits per heavy atom. The summed E-state index contributed by atoms with van der Waals surface area (Å²) >= 11 is 0. The topological polar surface area (TPSA) is 85.2 Å². The molecule has 1 heterocycles. The number of hydrogen-bond acceptors (Lipinski definition) is 6. The maximum absolute atomic E-state index is 13.6. The van der Waals surface area contributed by atoms with Gasteiger partial charge in [-0.1, -0.05) is 32.1 Å². The van der Waals surface area contributed by atoms with E-state index in [1.807, 2.05) is 26.0 Å². The van der Waals surface area contributed by atoms with Crippen molar-refractivity contribution in [3.63, 3.8) is 0 Å². The normalized spacial score (nSPS) is 18.8. The molecule has 0 unspecified atom stereocenters. The number of ether oxygens (including phenoxy) is 3. The molecular formula is C25H29FO6. The van der Waals surface area contributed by atoms with Crippen molar-refractivity contribution in [2.45, 2.75) is 44.8 Å². The predicted octanol–water partition coefficient (Wildman–Crippen LogP) is 4.08. The summed E-state index contributed by atoms with van der Waals surface area (Å²) in [6, 6.07) is 7.92. The first-order valence-corrected chi connectivity index (χ1v) is 10.6. The van der Waals surface area contributed by atoms with Gasteiger partial charge in [0.1, 0.15) is 18.5 Å². The van der Waals surface area contributed by atoms with E-state index in [4.69, 9.17) is 14.2 Å². The second-order valence-corrected chi connectivity index (χ2v) is 8.00. The van der Waals surface area contributed by atoms with Crippen molar-refractivity contribution in [1.29, 1.82) is 0 Å². The highest BCUT2D eigenvalue weighted by Gasteiger charge is 2.26. The first-order chi connectivity index (χ1) is 15.3. The second kappa shape index (κ2) is 10.6. The number of esters is 1. The molecule has 7 heteroatoms. The SMILES string of the molecule is COc1cc(C(C)C)c(/C=C/[C@H]2C[C@H](O)CC(=O)O2)c(-c2ccc(F)cc2)c1OCCO. The van der Waals surface area contributed by atoms with Crippen molar-refractivity contribution in [3.05, 3.63) is 53.4 Å². The van der Waals surface area contributed by atoms with Crippen molar-refractivity contribution in [3.8, 4) is 22.6 Å². The standard InChI is InChI=1S/C25H29FO6/c1-15(2)21-14-22(30-3)25(31-11-10-27)24(16-4-6-17(26)7-5-16)20(21)9-8-19-12-18(28)13-23(29)32-19/h4-9,14-15,18-19,27-28H,10-13H2,1-3H3/b9-8+/t18-,19-/m0/s1. The summed E-state index contributed by atoms with van der Waals surface area (Å²) < 4.78 is 30.5. The fourth-order valence-corrected chi connectivity index (χ4v) is 3.81. The van der Waals surface area contributed by atoms with Crippen LogP contribution < -0.4 is 9.47 Å². The van der Waals surface area contributed by atoms with Crippen molar-refractivity contribution in [2.24, 2.45) is 0 Å². The van der Waals surface area contributed by atoms with Crippen molar-refractivity contribution < 1.29 is 33.6 Å². The van der Waals surface area contributed by atoms with Gasteiger partial charge in [-0.05, 0) is 46.9 Å². The molecule has 1 saturated heterocycles. The minimum atomic E-state index is -0.744. The lowest BCUT2D eigenvalue weighted by Crippen LogP contribution is -2.31. The van der Waals surface area contributed by atoms with Gasteiger partial charge < -0.3 is 24.4 Å². The van der Waals surface area contributed by atoms with E-state index in [1.54, 1.807) is 18.2 Å². The quantitative estimate of drug-likeness (QED) is 0.597. The van der Waals surface area contributed by atoms with Crippen LogP contribution in [0.1, 0.15) is 43.7 Å². The molecule has 32 heavy (non-hydrogen) atoms. The van der Waals surface area contributed by atoms with Crippen molar-refractivity contribution in [2.75, 3.05) is 20.3 Å². The van der Waals surface area contributed by atoms with E-state index in [2.05, 4.69) is 0 Å². The van der Waals surface area contributed by atoms with Gasteiger partial charge in [-0.15, -0.1) is 0 Å². The van der Waals surface area contributed by atoms with E-state index in [1.165, 1.54) is 19.2 Å². The van der Waals surface area contributed by atoms with Crippen LogP contribution in [-0.4, -0.2) is 48.7 Å². The van der Waals surface area contributed by atoms with Gasteiger partial charge in [0.25, 0.3) is 0 Å². The molecule has 1 fully saturated rings. The maximum Gasteiger partial charge on any atom is 0.309 e. The number of aliphatic hydroxyl groups is 2. The summed E-state index contributed by atoms with van der Waals surface area (Å²) in [5.41, 5.74) is 3.15. The summed E-state index contributed by atoms with van der Waals surface area (Å²) in [6.07, 6.45) is 2.59. The molecule has 0 amide bonds. The number of carbonyl (C=O) groups excluding carboxylic acids is 1. The lowest BCUT2D eigenvalue weighted by atomic mass is 9.88. The Hall–Kier alpha value is -2.90. The third-order valence-corrected chi connectivity index (χ3v) is 5.30. The van der Waals surface area contributed by atoms with Crippen LogP contribution in [0.4, 0.5) is 4.39 Å². The number of cyclic esters (lactones) is 1. The molecule has 0 spiro atoms. The maximum atomic E-state index is 13.6. The van der Waals surface area contributed by atoms with E-state index < -0.39 is 18.2 Å². The summed E-state index contributed by atoms with van der Waals surface area (Å²) in [7, 11) is 1.54. The van der Waals surface area contributed by atoms with Gasteiger partial charge in [-0.2, -0.15) is 0 Å². The summed E-state index contributed by atoms with van der Waals surface area (Å²) in [4.78, 5) is 11.7. The van der Waals surface area contributed by atoms with Crippen LogP contribution in [0.15, 0.2) is 36.4 Å². The zero-order valence-corrected chi connectivity index (χ0v) is 18.5. The van der Waals surface area contributed by atoms with Gasteiger partial charge in [0.05, 0.1) is 26.2 Å². The van der Waals surface area contributed by atoms with Crippen LogP contribution >= 0.6 is 0 Å². The molecule has 2 atom stereocenters. The molecule has 2 aromatic rings. The molecular weight excluding hydrogens is 415 g/mol. The molecule has 2 aromatic carbocycles. The van der Waals surface area contributed by atoms with Crippen LogP contribution in [0.2, 0.25) is 0 Å². The molecule has 2 N–H and O–H groups in total. The molecule has 1 aliphatic rings. The third-order valence-electron chi connectivity index (χ3n) is 5.30. The van der Waals surface area contributed by atoms with E-state index in [9.17, 15) is 19.4 Å². The third kappa shape index (κ3) is 5.47. The predicted molar refractivity (Wildman–Crippen MR) is 119 cm³/mol. The summed E-state index contributed by atoms with van der Waals surface area (Å²) in [5, 5.41) is 19.3. The molecule has 1 aliphatic heterocycles. The number of methoxy groups -OCH3 is 1. The average Bonchev–Trinajstić information content (AvgIpc) is 2.75. The first-order valence-electron chi connectivity index (χ1n) is 10.6. The number of benzene rings is 2.